The number of rotatable bonds is 1. The van der Waals surface area contributed by atoms with Crippen LogP contribution in [0.4, 0.5) is 0 Å². The topological polar surface area (TPSA) is 46.0 Å². The molecule has 0 atom stereocenters. The summed E-state index contributed by atoms with van der Waals surface area (Å²) in [5.41, 5.74) is 8.28. The highest BCUT2D eigenvalue weighted by molar-refractivity contribution is 6.31. The zero-order chi connectivity index (χ0) is 18.4. The van der Waals surface area contributed by atoms with Gasteiger partial charge in [-0.2, -0.15) is 0 Å². The van der Waals surface area contributed by atoms with Crippen LogP contribution in [0.1, 0.15) is 27.8 Å². The fraction of sp³-hybridized carbons (Fsp3) is 0.0870. The Labute approximate surface area is 160 Å². The first-order chi connectivity index (χ1) is 13.2. The van der Waals surface area contributed by atoms with E-state index in [1.54, 1.807) is 0 Å². The van der Waals surface area contributed by atoms with Crippen LogP contribution in [0, 0.1) is 0 Å². The number of benzene rings is 3. The molecule has 5 rings (SSSR count). The van der Waals surface area contributed by atoms with E-state index in [4.69, 9.17) is 16.0 Å². The number of aryl methyl sites for hydroxylation is 1. The van der Waals surface area contributed by atoms with Gasteiger partial charge in [-0.25, -0.2) is 4.79 Å². The van der Waals surface area contributed by atoms with Crippen LogP contribution in [-0.2, 0) is 12.8 Å². The van der Waals surface area contributed by atoms with Crippen molar-refractivity contribution in [2.45, 2.75) is 12.8 Å². The molecule has 0 saturated heterocycles. The number of hydrogen-bond donors (Lipinski definition) is 1. The highest BCUT2D eigenvalue weighted by Gasteiger charge is 2.19. The molecule has 0 aliphatic heterocycles. The SMILES string of the molecule is O=c1[nH]c2cc(/C=C3\c4ccccc4CCc4c(Cl)cccc43)ccc2o1. The molecule has 0 radical (unpaired) electrons. The summed E-state index contributed by atoms with van der Waals surface area (Å²) < 4.78 is 5.11. The van der Waals surface area contributed by atoms with Crippen LogP contribution in [0.15, 0.2) is 69.9 Å². The van der Waals surface area contributed by atoms with Crippen molar-refractivity contribution in [1.82, 2.24) is 4.98 Å². The molecule has 1 aliphatic rings. The highest BCUT2D eigenvalue weighted by Crippen LogP contribution is 2.37. The van der Waals surface area contributed by atoms with Gasteiger partial charge in [-0.3, -0.25) is 4.98 Å². The standard InChI is InChI=1S/C23H16ClNO2/c24-20-7-3-6-17-18(20)10-9-15-4-1-2-5-16(15)19(17)12-14-8-11-22-21(13-14)25-23(26)27-22/h1-8,11-13H,9-10H2,(H,25,26)/b19-12+. The molecular formula is C23H16ClNO2. The van der Waals surface area contributed by atoms with E-state index in [0.717, 1.165) is 34.6 Å². The minimum Gasteiger partial charge on any atom is -0.408 e. The van der Waals surface area contributed by atoms with Gasteiger partial charge < -0.3 is 4.42 Å². The van der Waals surface area contributed by atoms with Crippen LogP contribution in [-0.4, -0.2) is 4.98 Å². The fourth-order valence-electron chi connectivity index (χ4n) is 3.85. The van der Waals surface area contributed by atoms with Crippen LogP contribution < -0.4 is 5.76 Å². The first-order valence-corrected chi connectivity index (χ1v) is 9.27. The summed E-state index contributed by atoms with van der Waals surface area (Å²) in [6.07, 6.45) is 4.03. The van der Waals surface area contributed by atoms with Crippen LogP contribution in [0.2, 0.25) is 5.02 Å². The monoisotopic (exact) mass is 373 g/mol. The van der Waals surface area contributed by atoms with E-state index in [0.29, 0.717) is 11.1 Å². The zero-order valence-electron chi connectivity index (χ0n) is 14.5. The number of oxazole rings is 1. The summed E-state index contributed by atoms with van der Waals surface area (Å²) >= 11 is 6.53. The predicted octanol–water partition coefficient (Wildman–Crippen LogP) is 5.46. The molecule has 0 spiro atoms. The molecule has 3 nitrogen and oxygen atoms in total. The molecule has 0 amide bonds. The molecular weight excluding hydrogens is 358 g/mol. The Morgan fingerprint density at radius 1 is 0.963 bits per heavy atom. The fourth-order valence-corrected chi connectivity index (χ4v) is 4.12. The summed E-state index contributed by atoms with van der Waals surface area (Å²) in [5, 5.41) is 0.806. The van der Waals surface area contributed by atoms with E-state index in [2.05, 4.69) is 41.4 Å². The van der Waals surface area contributed by atoms with E-state index in [-0.39, 0.29) is 0 Å². The number of H-pyrrole nitrogens is 1. The Morgan fingerprint density at radius 2 is 1.81 bits per heavy atom. The lowest BCUT2D eigenvalue weighted by atomic mass is 9.92. The first-order valence-electron chi connectivity index (χ1n) is 8.90. The quantitative estimate of drug-likeness (QED) is 0.481. The van der Waals surface area contributed by atoms with Gasteiger partial charge in [-0.1, -0.05) is 54.1 Å². The molecule has 1 aliphatic carbocycles. The molecule has 4 aromatic rings. The Hall–Kier alpha value is -3.04. The van der Waals surface area contributed by atoms with E-state index >= 15 is 0 Å². The first kappa shape index (κ1) is 16.2. The van der Waals surface area contributed by atoms with Gasteiger partial charge in [-0.05, 0) is 70.5 Å². The Morgan fingerprint density at radius 3 is 2.74 bits per heavy atom. The van der Waals surface area contributed by atoms with Crippen LogP contribution in [0.5, 0.6) is 0 Å². The largest absolute Gasteiger partial charge is 0.417 e. The third-order valence-electron chi connectivity index (χ3n) is 5.11. The second-order valence-electron chi connectivity index (χ2n) is 6.75. The molecule has 0 unspecified atom stereocenters. The van der Waals surface area contributed by atoms with Crippen molar-refractivity contribution >= 4 is 34.3 Å². The second kappa shape index (κ2) is 6.29. The average Bonchev–Trinajstić information content (AvgIpc) is 2.96. The van der Waals surface area contributed by atoms with Gasteiger partial charge in [0.05, 0.1) is 5.52 Å². The summed E-state index contributed by atoms with van der Waals surface area (Å²) in [5.74, 6) is -0.438. The third-order valence-corrected chi connectivity index (χ3v) is 5.47. The van der Waals surface area contributed by atoms with E-state index < -0.39 is 5.76 Å². The van der Waals surface area contributed by atoms with Gasteiger partial charge in [0.15, 0.2) is 5.58 Å². The van der Waals surface area contributed by atoms with E-state index in [9.17, 15) is 4.79 Å². The van der Waals surface area contributed by atoms with E-state index in [1.807, 2.05) is 30.3 Å². The zero-order valence-corrected chi connectivity index (χ0v) is 15.2. The minimum atomic E-state index is -0.438. The van der Waals surface area contributed by atoms with Crippen molar-refractivity contribution in [3.63, 3.8) is 0 Å². The van der Waals surface area contributed by atoms with Crippen molar-refractivity contribution in [2.24, 2.45) is 0 Å². The molecule has 3 aromatic carbocycles. The van der Waals surface area contributed by atoms with E-state index in [1.165, 1.54) is 16.7 Å². The molecule has 1 heterocycles. The predicted molar refractivity (Wildman–Crippen MR) is 109 cm³/mol. The maximum absolute atomic E-state index is 11.4. The van der Waals surface area contributed by atoms with Gasteiger partial charge in [0, 0.05) is 5.02 Å². The van der Waals surface area contributed by atoms with Gasteiger partial charge in [0.2, 0.25) is 0 Å². The number of aromatic nitrogens is 1. The summed E-state index contributed by atoms with van der Waals surface area (Å²) in [6, 6.07) is 20.3. The Bertz CT molecular complexity index is 1260. The second-order valence-corrected chi connectivity index (χ2v) is 7.16. The molecule has 0 fully saturated rings. The number of halogens is 1. The molecule has 1 aromatic heterocycles. The number of hydrogen-bond acceptors (Lipinski definition) is 2. The molecule has 0 bridgehead atoms. The lowest BCUT2D eigenvalue weighted by molar-refractivity contribution is 0.555. The maximum atomic E-state index is 11.4. The molecule has 1 N–H and O–H groups in total. The van der Waals surface area contributed by atoms with Crippen LogP contribution >= 0.6 is 11.6 Å². The summed E-state index contributed by atoms with van der Waals surface area (Å²) in [4.78, 5) is 14.2. The maximum Gasteiger partial charge on any atom is 0.417 e. The van der Waals surface area contributed by atoms with Crippen molar-refractivity contribution in [3.8, 4) is 0 Å². The normalized spacial score (nSPS) is 14.8. The van der Waals surface area contributed by atoms with Crippen LogP contribution in [0.3, 0.4) is 0 Å². The average molecular weight is 374 g/mol. The van der Waals surface area contributed by atoms with Gasteiger partial charge in [0.1, 0.15) is 0 Å². The number of aromatic amines is 1. The van der Waals surface area contributed by atoms with Crippen molar-refractivity contribution in [1.29, 1.82) is 0 Å². The molecule has 4 heteroatoms. The Balaban J connectivity index is 1.77. The van der Waals surface area contributed by atoms with Gasteiger partial charge in [0.25, 0.3) is 0 Å². The highest BCUT2D eigenvalue weighted by atomic mass is 35.5. The minimum absolute atomic E-state index is 0.438. The molecule has 0 saturated carbocycles. The van der Waals surface area contributed by atoms with Crippen molar-refractivity contribution in [2.75, 3.05) is 0 Å². The molecule has 132 valence electrons. The van der Waals surface area contributed by atoms with Gasteiger partial charge in [-0.15, -0.1) is 0 Å². The smallest absolute Gasteiger partial charge is 0.408 e. The lowest BCUT2D eigenvalue weighted by Gasteiger charge is -2.13. The molecule has 27 heavy (non-hydrogen) atoms. The van der Waals surface area contributed by atoms with Crippen molar-refractivity contribution < 1.29 is 4.42 Å². The summed E-state index contributed by atoms with van der Waals surface area (Å²) in [6.45, 7) is 0. The van der Waals surface area contributed by atoms with Gasteiger partial charge >= 0.3 is 5.76 Å². The van der Waals surface area contributed by atoms with Crippen LogP contribution in [0.25, 0.3) is 22.7 Å². The number of fused-ring (bicyclic) bond motifs is 3. The number of nitrogens with one attached hydrogen (secondary N) is 1. The summed E-state index contributed by atoms with van der Waals surface area (Å²) in [7, 11) is 0. The Kier molecular flexibility index (Phi) is 3.76. The third kappa shape index (κ3) is 2.81. The van der Waals surface area contributed by atoms with Crippen molar-refractivity contribution in [3.05, 3.63) is 104 Å². The lowest BCUT2D eigenvalue weighted by Crippen LogP contribution is -1.94.